The minimum Gasteiger partial charge on any atom is -0.383 e. The van der Waals surface area contributed by atoms with E-state index in [1.807, 2.05) is 0 Å². The second kappa shape index (κ2) is 4.05. The lowest BCUT2D eigenvalue weighted by Gasteiger charge is -2.48. The molecule has 0 amide bonds. The molecule has 3 aliphatic rings. The highest BCUT2D eigenvalue weighted by atomic mass is 15.2. The lowest BCUT2D eigenvalue weighted by atomic mass is 9.61. The van der Waals surface area contributed by atoms with Gasteiger partial charge >= 0.3 is 0 Å². The Morgan fingerprint density at radius 1 is 1.05 bits per heavy atom. The molecule has 20 heavy (non-hydrogen) atoms. The lowest BCUT2D eigenvalue weighted by molar-refractivity contribution is 0.128. The Labute approximate surface area is 119 Å². The monoisotopic (exact) mass is 265 g/mol. The Balaban J connectivity index is 1.97. The summed E-state index contributed by atoms with van der Waals surface area (Å²) in [5, 5.41) is 0. The summed E-state index contributed by atoms with van der Waals surface area (Å²) in [4.78, 5) is 9.64. The number of amidine groups is 1. The van der Waals surface area contributed by atoms with Crippen molar-refractivity contribution in [3.63, 3.8) is 0 Å². The average Bonchev–Trinajstić information content (AvgIpc) is 2.89. The smallest absolute Gasteiger partial charge is 0.187 e. The predicted octanol–water partition coefficient (Wildman–Crippen LogP) is 3.26. The van der Waals surface area contributed by atoms with E-state index < -0.39 is 5.66 Å². The summed E-state index contributed by atoms with van der Waals surface area (Å²) in [6.45, 7) is 0. The quantitative estimate of drug-likeness (QED) is 0.769. The summed E-state index contributed by atoms with van der Waals surface area (Å²) in [6, 6.07) is 8.45. The molecule has 1 heterocycles. The van der Waals surface area contributed by atoms with Crippen molar-refractivity contribution in [1.29, 1.82) is 0 Å². The van der Waals surface area contributed by atoms with Crippen LogP contribution in [0.4, 0.5) is 0 Å². The van der Waals surface area contributed by atoms with Crippen LogP contribution in [0.25, 0.3) is 6.08 Å². The van der Waals surface area contributed by atoms with Crippen LogP contribution >= 0.6 is 0 Å². The first-order valence-corrected chi connectivity index (χ1v) is 7.45. The SMILES string of the molecule is NC1=NC2(N=C1)c1ccccc1C=CC21CCCCC1. The van der Waals surface area contributed by atoms with Gasteiger partial charge in [-0.1, -0.05) is 55.7 Å². The summed E-state index contributed by atoms with van der Waals surface area (Å²) in [5.41, 5.74) is 7.89. The first-order chi connectivity index (χ1) is 9.76. The first-order valence-electron chi connectivity index (χ1n) is 7.45. The van der Waals surface area contributed by atoms with E-state index in [2.05, 4.69) is 36.4 Å². The Kier molecular flexibility index (Phi) is 2.40. The highest BCUT2D eigenvalue weighted by Crippen LogP contribution is 2.58. The number of nitrogens with two attached hydrogens (primary N) is 1. The lowest BCUT2D eigenvalue weighted by Crippen LogP contribution is -2.44. The van der Waals surface area contributed by atoms with Gasteiger partial charge in [0.1, 0.15) is 5.84 Å². The van der Waals surface area contributed by atoms with Gasteiger partial charge in [0.25, 0.3) is 0 Å². The summed E-state index contributed by atoms with van der Waals surface area (Å²) in [7, 11) is 0. The molecule has 3 heteroatoms. The molecule has 2 N–H and O–H groups in total. The normalized spacial score (nSPS) is 29.7. The third-order valence-corrected chi connectivity index (χ3v) is 5.03. The fourth-order valence-electron chi connectivity index (χ4n) is 4.07. The van der Waals surface area contributed by atoms with Gasteiger partial charge in [-0.3, -0.25) is 4.99 Å². The van der Waals surface area contributed by atoms with Crippen LogP contribution in [-0.4, -0.2) is 12.1 Å². The van der Waals surface area contributed by atoms with Crippen molar-refractivity contribution in [2.75, 3.05) is 0 Å². The molecular formula is C17H19N3. The summed E-state index contributed by atoms with van der Waals surface area (Å²) < 4.78 is 0. The van der Waals surface area contributed by atoms with E-state index in [-0.39, 0.29) is 5.41 Å². The highest BCUT2D eigenvalue weighted by molar-refractivity contribution is 6.30. The van der Waals surface area contributed by atoms with Gasteiger partial charge in [0.2, 0.25) is 0 Å². The largest absolute Gasteiger partial charge is 0.383 e. The fraction of sp³-hybridized carbons (Fsp3) is 0.412. The maximum absolute atomic E-state index is 5.96. The molecule has 2 spiro atoms. The molecule has 0 radical (unpaired) electrons. The maximum Gasteiger partial charge on any atom is 0.187 e. The maximum atomic E-state index is 5.96. The molecule has 1 aliphatic heterocycles. The van der Waals surface area contributed by atoms with E-state index in [1.165, 1.54) is 30.4 Å². The summed E-state index contributed by atoms with van der Waals surface area (Å²) in [5.74, 6) is 0.556. The molecule has 102 valence electrons. The van der Waals surface area contributed by atoms with Crippen molar-refractivity contribution < 1.29 is 0 Å². The molecular weight excluding hydrogens is 246 g/mol. The topological polar surface area (TPSA) is 50.7 Å². The van der Waals surface area contributed by atoms with Crippen LogP contribution in [0.5, 0.6) is 0 Å². The van der Waals surface area contributed by atoms with Crippen LogP contribution in [0.3, 0.4) is 0 Å². The average molecular weight is 265 g/mol. The molecule has 3 nitrogen and oxygen atoms in total. The molecule has 1 saturated carbocycles. The van der Waals surface area contributed by atoms with Crippen LogP contribution in [0.1, 0.15) is 43.2 Å². The minimum atomic E-state index is -0.511. The van der Waals surface area contributed by atoms with Crippen LogP contribution in [-0.2, 0) is 5.66 Å². The van der Waals surface area contributed by atoms with Crippen molar-refractivity contribution in [1.82, 2.24) is 0 Å². The molecule has 2 aliphatic carbocycles. The van der Waals surface area contributed by atoms with Gasteiger partial charge < -0.3 is 5.73 Å². The van der Waals surface area contributed by atoms with Crippen LogP contribution in [0.2, 0.25) is 0 Å². The number of nitrogens with zero attached hydrogens (tertiary/aromatic N) is 2. The van der Waals surface area contributed by atoms with Crippen molar-refractivity contribution >= 4 is 18.1 Å². The molecule has 0 aromatic heterocycles. The Bertz CT molecular complexity index is 635. The zero-order valence-corrected chi connectivity index (χ0v) is 11.5. The molecule has 0 saturated heterocycles. The van der Waals surface area contributed by atoms with E-state index in [4.69, 9.17) is 15.7 Å². The number of aliphatic imine (C=N–C) groups is 2. The molecule has 1 aromatic carbocycles. The Morgan fingerprint density at radius 3 is 2.60 bits per heavy atom. The standard InChI is InChI=1S/C17H19N3/c18-15-12-19-17(20-15)14-7-3-2-6-13(14)8-11-16(17)9-4-1-5-10-16/h2-3,6-8,11-12H,1,4-5,9-10H2,(H2,18,20). The molecule has 1 aromatic rings. The van der Waals surface area contributed by atoms with E-state index >= 15 is 0 Å². The predicted molar refractivity (Wildman–Crippen MR) is 82.8 cm³/mol. The third kappa shape index (κ3) is 1.41. The van der Waals surface area contributed by atoms with Crippen LogP contribution in [0, 0.1) is 5.41 Å². The first kappa shape index (κ1) is 11.9. The van der Waals surface area contributed by atoms with Crippen LogP contribution in [0.15, 0.2) is 40.3 Å². The van der Waals surface area contributed by atoms with Crippen molar-refractivity contribution in [3.05, 3.63) is 41.5 Å². The van der Waals surface area contributed by atoms with Gasteiger partial charge in [0, 0.05) is 11.0 Å². The Hall–Kier alpha value is -1.90. The highest BCUT2D eigenvalue weighted by Gasteiger charge is 2.55. The van der Waals surface area contributed by atoms with Crippen molar-refractivity contribution in [2.45, 2.75) is 37.8 Å². The molecule has 1 atom stereocenters. The zero-order chi connectivity index (χ0) is 13.6. The van der Waals surface area contributed by atoms with E-state index in [1.54, 1.807) is 6.21 Å². The van der Waals surface area contributed by atoms with Gasteiger partial charge in [-0.15, -0.1) is 0 Å². The third-order valence-electron chi connectivity index (χ3n) is 5.03. The van der Waals surface area contributed by atoms with Gasteiger partial charge in [-0.2, -0.15) is 0 Å². The van der Waals surface area contributed by atoms with Gasteiger partial charge in [-0.25, -0.2) is 4.99 Å². The second-order valence-electron chi connectivity index (χ2n) is 6.10. The second-order valence-corrected chi connectivity index (χ2v) is 6.10. The van der Waals surface area contributed by atoms with Crippen LogP contribution < -0.4 is 5.73 Å². The summed E-state index contributed by atoms with van der Waals surface area (Å²) >= 11 is 0. The fourth-order valence-corrected chi connectivity index (χ4v) is 4.07. The molecule has 1 unspecified atom stereocenters. The number of fused-ring (bicyclic) bond motifs is 3. The summed E-state index contributed by atoms with van der Waals surface area (Å²) in [6.07, 6.45) is 12.5. The number of benzene rings is 1. The number of hydrogen-bond acceptors (Lipinski definition) is 3. The zero-order valence-electron chi connectivity index (χ0n) is 11.5. The Morgan fingerprint density at radius 2 is 1.85 bits per heavy atom. The molecule has 4 rings (SSSR count). The molecule has 1 fully saturated rings. The number of rotatable bonds is 0. The molecule has 0 bridgehead atoms. The van der Waals surface area contributed by atoms with Gasteiger partial charge in [0.05, 0.1) is 6.21 Å². The minimum absolute atomic E-state index is 0.0111. The van der Waals surface area contributed by atoms with E-state index in [0.29, 0.717) is 5.84 Å². The van der Waals surface area contributed by atoms with E-state index in [0.717, 1.165) is 12.8 Å². The number of hydrogen-bond donors (Lipinski definition) is 1. The van der Waals surface area contributed by atoms with Crippen molar-refractivity contribution in [2.24, 2.45) is 21.1 Å². The van der Waals surface area contributed by atoms with Gasteiger partial charge in [0.15, 0.2) is 5.66 Å². The van der Waals surface area contributed by atoms with Gasteiger partial charge in [-0.05, 0) is 18.4 Å². The van der Waals surface area contributed by atoms with Crippen molar-refractivity contribution in [3.8, 4) is 0 Å². The van der Waals surface area contributed by atoms with E-state index in [9.17, 15) is 0 Å².